The first-order chi connectivity index (χ1) is 7.19. The Kier molecular flexibility index (Phi) is 2.41. The summed E-state index contributed by atoms with van der Waals surface area (Å²) in [5, 5.41) is 8.63. The number of carboxylic acids is 1. The van der Waals surface area contributed by atoms with Crippen molar-refractivity contribution in [2.75, 3.05) is 0 Å². The number of nitrogens with zero attached hydrogens (tertiary/aromatic N) is 1. The Bertz CT molecular complexity index is 502. The normalized spacial score (nSPS) is 10.7. The summed E-state index contributed by atoms with van der Waals surface area (Å²) >= 11 is 0. The van der Waals surface area contributed by atoms with Crippen LogP contribution >= 0.6 is 0 Å². The minimum Gasteiger partial charge on any atom is -0.481 e. The van der Waals surface area contributed by atoms with Gasteiger partial charge in [-0.3, -0.25) is 4.79 Å². The summed E-state index contributed by atoms with van der Waals surface area (Å²) in [5.74, 6) is -0.365. The van der Waals surface area contributed by atoms with Crippen molar-refractivity contribution >= 4 is 17.0 Å². The highest BCUT2D eigenvalue weighted by Gasteiger charge is 2.06. The van der Waals surface area contributed by atoms with E-state index in [1.54, 1.807) is 0 Å². The number of nitrogens with one attached hydrogen (secondary N) is 1. The highest BCUT2D eigenvalue weighted by atomic mass is 16.4. The van der Waals surface area contributed by atoms with E-state index in [2.05, 4.69) is 16.9 Å². The molecule has 0 fully saturated rings. The zero-order valence-corrected chi connectivity index (χ0v) is 8.45. The topological polar surface area (TPSA) is 66.0 Å². The van der Waals surface area contributed by atoms with Crippen molar-refractivity contribution in [2.24, 2.45) is 0 Å². The number of rotatable bonds is 3. The molecule has 2 aromatic rings. The number of H-pyrrole nitrogens is 1. The van der Waals surface area contributed by atoms with Crippen LogP contribution in [0.3, 0.4) is 0 Å². The Labute approximate surface area is 87.0 Å². The molecule has 0 saturated carbocycles. The molecule has 0 unspecified atom stereocenters. The van der Waals surface area contributed by atoms with Crippen LogP contribution in [0, 0.1) is 0 Å². The summed E-state index contributed by atoms with van der Waals surface area (Å²) < 4.78 is 0. The molecular formula is C11H12N2O2. The van der Waals surface area contributed by atoms with Crippen molar-refractivity contribution in [1.82, 2.24) is 9.97 Å². The van der Waals surface area contributed by atoms with Gasteiger partial charge in [0.25, 0.3) is 0 Å². The van der Waals surface area contributed by atoms with E-state index in [0.717, 1.165) is 17.5 Å². The van der Waals surface area contributed by atoms with E-state index in [1.165, 1.54) is 5.56 Å². The fourth-order valence-corrected chi connectivity index (χ4v) is 1.56. The lowest BCUT2D eigenvalue weighted by atomic mass is 10.1. The average molecular weight is 204 g/mol. The van der Waals surface area contributed by atoms with Gasteiger partial charge >= 0.3 is 5.97 Å². The molecule has 0 amide bonds. The number of hydrogen-bond donors (Lipinski definition) is 2. The molecule has 0 spiro atoms. The van der Waals surface area contributed by atoms with Gasteiger partial charge < -0.3 is 10.1 Å². The fraction of sp³-hybridized carbons (Fsp3) is 0.273. The van der Waals surface area contributed by atoms with Gasteiger partial charge in [-0.05, 0) is 24.1 Å². The Morgan fingerprint density at radius 2 is 2.33 bits per heavy atom. The molecule has 0 bridgehead atoms. The zero-order valence-electron chi connectivity index (χ0n) is 8.45. The van der Waals surface area contributed by atoms with E-state index in [4.69, 9.17) is 5.11 Å². The van der Waals surface area contributed by atoms with Crippen LogP contribution in [0.5, 0.6) is 0 Å². The minimum atomic E-state index is -0.871. The second-order valence-corrected chi connectivity index (χ2v) is 3.46. The molecule has 2 N–H and O–H groups in total. The maximum atomic E-state index is 10.5. The van der Waals surface area contributed by atoms with Crippen molar-refractivity contribution in [3.05, 3.63) is 29.6 Å². The smallest absolute Gasteiger partial charge is 0.311 e. The third-order valence-corrected chi connectivity index (χ3v) is 2.32. The molecule has 4 heteroatoms. The molecule has 0 aliphatic heterocycles. The van der Waals surface area contributed by atoms with E-state index in [0.29, 0.717) is 5.82 Å². The molecule has 4 nitrogen and oxygen atoms in total. The van der Waals surface area contributed by atoms with Gasteiger partial charge in [-0.15, -0.1) is 0 Å². The summed E-state index contributed by atoms with van der Waals surface area (Å²) in [6.07, 6.45) is 0.902. The average Bonchev–Trinajstić information content (AvgIpc) is 2.57. The first-order valence-electron chi connectivity index (χ1n) is 4.88. The second kappa shape index (κ2) is 3.73. The van der Waals surface area contributed by atoms with Crippen LogP contribution in [-0.4, -0.2) is 21.0 Å². The molecule has 0 aliphatic carbocycles. The van der Waals surface area contributed by atoms with Crippen molar-refractivity contribution < 1.29 is 9.90 Å². The largest absolute Gasteiger partial charge is 0.481 e. The molecule has 1 aromatic carbocycles. The Balaban J connectivity index is 2.42. The van der Waals surface area contributed by atoms with Gasteiger partial charge in [0, 0.05) is 0 Å². The van der Waals surface area contributed by atoms with E-state index in [1.807, 2.05) is 18.2 Å². The first-order valence-corrected chi connectivity index (χ1v) is 4.88. The summed E-state index contributed by atoms with van der Waals surface area (Å²) in [4.78, 5) is 17.7. The Morgan fingerprint density at radius 3 is 3.00 bits per heavy atom. The lowest BCUT2D eigenvalue weighted by molar-refractivity contribution is -0.136. The van der Waals surface area contributed by atoms with Crippen molar-refractivity contribution in [2.45, 2.75) is 19.8 Å². The molecular weight excluding hydrogens is 192 g/mol. The number of aliphatic carboxylic acids is 1. The van der Waals surface area contributed by atoms with Gasteiger partial charge in [0.05, 0.1) is 11.0 Å². The highest BCUT2D eigenvalue weighted by Crippen LogP contribution is 2.14. The van der Waals surface area contributed by atoms with Gasteiger partial charge in [-0.25, -0.2) is 4.98 Å². The minimum absolute atomic E-state index is 0.0594. The van der Waals surface area contributed by atoms with Gasteiger partial charge in [0.1, 0.15) is 12.2 Å². The van der Waals surface area contributed by atoms with Gasteiger partial charge in [0.15, 0.2) is 0 Å². The van der Waals surface area contributed by atoms with E-state index < -0.39 is 5.97 Å². The maximum absolute atomic E-state index is 10.5. The second-order valence-electron chi connectivity index (χ2n) is 3.46. The predicted octanol–water partition coefficient (Wildman–Crippen LogP) is 1.75. The monoisotopic (exact) mass is 204 g/mol. The number of carbonyl (C=O) groups is 1. The summed E-state index contributed by atoms with van der Waals surface area (Å²) in [6, 6.07) is 5.93. The Hall–Kier alpha value is -1.84. The number of hydrogen-bond acceptors (Lipinski definition) is 2. The molecule has 0 aliphatic rings. The lowest BCUT2D eigenvalue weighted by Crippen LogP contribution is -2.01. The van der Waals surface area contributed by atoms with Crippen LogP contribution in [-0.2, 0) is 17.6 Å². The van der Waals surface area contributed by atoms with Crippen LogP contribution in [0.15, 0.2) is 18.2 Å². The molecule has 0 saturated heterocycles. The SMILES string of the molecule is CCc1ccc2nc(CC(=O)O)[nH]c2c1. The predicted molar refractivity (Wildman–Crippen MR) is 56.8 cm³/mol. The standard InChI is InChI=1S/C11H12N2O2/c1-2-7-3-4-8-9(5-7)13-10(12-8)6-11(14)15/h3-5H,2,6H2,1H3,(H,12,13)(H,14,15). The number of carboxylic acid groups (broad SMARTS) is 1. The van der Waals surface area contributed by atoms with Gasteiger partial charge in [-0.1, -0.05) is 13.0 Å². The number of aromatic amines is 1. The van der Waals surface area contributed by atoms with Crippen LogP contribution in [0.4, 0.5) is 0 Å². The van der Waals surface area contributed by atoms with Crippen LogP contribution in [0.2, 0.25) is 0 Å². The van der Waals surface area contributed by atoms with Crippen LogP contribution in [0.25, 0.3) is 11.0 Å². The summed E-state index contributed by atoms with van der Waals surface area (Å²) in [7, 11) is 0. The van der Waals surface area contributed by atoms with E-state index >= 15 is 0 Å². The molecule has 0 radical (unpaired) electrons. The van der Waals surface area contributed by atoms with Crippen LogP contribution < -0.4 is 0 Å². The summed E-state index contributed by atoms with van der Waals surface area (Å²) in [5.41, 5.74) is 2.95. The number of benzene rings is 1. The summed E-state index contributed by atoms with van der Waals surface area (Å²) in [6.45, 7) is 2.08. The number of fused-ring (bicyclic) bond motifs is 1. The van der Waals surface area contributed by atoms with Crippen molar-refractivity contribution in [3.63, 3.8) is 0 Å². The molecule has 15 heavy (non-hydrogen) atoms. The van der Waals surface area contributed by atoms with E-state index in [-0.39, 0.29) is 6.42 Å². The molecule has 1 heterocycles. The quantitative estimate of drug-likeness (QED) is 0.800. The zero-order chi connectivity index (χ0) is 10.8. The first kappa shape index (κ1) is 9.71. The van der Waals surface area contributed by atoms with E-state index in [9.17, 15) is 4.79 Å². The number of aromatic nitrogens is 2. The van der Waals surface area contributed by atoms with Crippen molar-refractivity contribution in [3.8, 4) is 0 Å². The number of imidazole rings is 1. The van der Waals surface area contributed by atoms with Crippen LogP contribution in [0.1, 0.15) is 18.3 Å². The Morgan fingerprint density at radius 1 is 1.53 bits per heavy atom. The van der Waals surface area contributed by atoms with Gasteiger partial charge in [0.2, 0.25) is 0 Å². The lowest BCUT2D eigenvalue weighted by Gasteiger charge is -1.93. The molecule has 1 aromatic heterocycles. The van der Waals surface area contributed by atoms with Gasteiger partial charge in [-0.2, -0.15) is 0 Å². The third-order valence-electron chi connectivity index (χ3n) is 2.32. The molecule has 78 valence electrons. The fourth-order valence-electron chi connectivity index (χ4n) is 1.56. The third kappa shape index (κ3) is 1.98. The molecule has 0 atom stereocenters. The highest BCUT2D eigenvalue weighted by molar-refractivity contribution is 5.77. The van der Waals surface area contributed by atoms with Crippen molar-refractivity contribution in [1.29, 1.82) is 0 Å². The molecule has 2 rings (SSSR count). The number of aryl methyl sites for hydroxylation is 1. The maximum Gasteiger partial charge on any atom is 0.311 e.